The highest BCUT2D eigenvalue weighted by molar-refractivity contribution is 5.93. The van der Waals surface area contributed by atoms with E-state index in [4.69, 9.17) is 5.26 Å². The molecular weight excluding hydrogens is 162 g/mol. The molecule has 0 unspecified atom stereocenters. The van der Waals surface area contributed by atoms with Crippen molar-refractivity contribution in [3.05, 3.63) is 0 Å². The van der Waals surface area contributed by atoms with Gasteiger partial charge in [-0.15, -0.1) is 0 Å². The van der Waals surface area contributed by atoms with Gasteiger partial charge in [-0.25, -0.2) is 0 Å². The van der Waals surface area contributed by atoms with Crippen molar-refractivity contribution in [1.29, 1.82) is 5.26 Å². The zero-order chi connectivity index (χ0) is 9.85. The van der Waals surface area contributed by atoms with E-state index in [2.05, 4.69) is 19.9 Å². The van der Waals surface area contributed by atoms with Crippen molar-refractivity contribution >= 4 is 5.78 Å². The molecule has 2 nitrogen and oxygen atoms in total. The van der Waals surface area contributed by atoms with E-state index in [0.717, 1.165) is 12.8 Å². The Morgan fingerprint density at radius 2 is 2.08 bits per heavy atom. The van der Waals surface area contributed by atoms with E-state index >= 15 is 0 Å². The van der Waals surface area contributed by atoms with Gasteiger partial charge in [-0.1, -0.05) is 20.8 Å². The van der Waals surface area contributed by atoms with Crippen LogP contribution in [0.5, 0.6) is 0 Å². The predicted molar refractivity (Wildman–Crippen MR) is 48.7 cm³/mol. The second kappa shape index (κ2) is 2.15. The SMILES string of the molecule is CC1(C)[C@H]2CC[C@]1(C)C(=O)[C@@H]2C#N. The minimum Gasteiger partial charge on any atom is -0.298 e. The molecule has 2 bridgehead atoms. The number of nitrogens with zero attached hydrogens (tertiary/aromatic N) is 1. The highest BCUT2D eigenvalue weighted by atomic mass is 16.1. The van der Waals surface area contributed by atoms with Crippen molar-refractivity contribution in [3.63, 3.8) is 0 Å². The fourth-order valence-electron chi connectivity index (χ4n) is 3.23. The first-order chi connectivity index (χ1) is 5.95. The molecular formula is C11H15NO. The van der Waals surface area contributed by atoms with Crippen molar-refractivity contribution in [3.8, 4) is 6.07 Å². The van der Waals surface area contributed by atoms with E-state index < -0.39 is 0 Å². The van der Waals surface area contributed by atoms with Gasteiger partial charge in [0.05, 0.1) is 6.07 Å². The van der Waals surface area contributed by atoms with Crippen LogP contribution >= 0.6 is 0 Å². The molecule has 0 spiro atoms. The molecule has 13 heavy (non-hydrogen) atoms. The lowest BCUT2D eigenvalue weighted by molar-refractivity contribution is -0.130. The van der Waals surface area contributed by atoms with Gasteiger partial charge in [0, 0.05) is 5.41 Å². The van der Waals surface area contributed by atoms with Crippen molar-refractivity contribution < 1.29 is 4.79 Å². The number of hydrogen-bond donors (Lipinski definition) is 0. The van der Waals surface area contributed by atoms with Crippen LogP contribution in [-0.4, -0.2) is 5.78 Å². The second-order valence-electron chi connectivity index (χ2n) is 5.17. The maximum Gasteiger partial charge on any atom is 0.156 e. The summed E-state index contributed by atoms with van der Waals surface area (Å²) in [6.07, 6.45) is 2.02. The maximum absolute atomic E-state index is 11.9. The van der Waals surface area contributed by atoms with Crippen molar-refractivity contribution in [1.82, 2.24) is 0 Å². The zero-order valence-corrected chi connectivity index (χ0v) is 8.42. The Bertz CT molecular complexity index is 313. The Labute approximate surface area is 78.9 Å². The summed E-state index contributed by atoms with van der Waals surface area (Å²) in [5.41, 5.74) is -0.192. The fraction of sp³-hybridized carbons (Fsp3) is 0.818. The summed E-state index contributed by atoms with van der Waals surface area (Å²) in [5, 5.41) is 8.93. The summed E-state index contributed by atoms with van der Waals surface area (Å²) >= 11 is 0. The van der Waals surface area contributed by atoms with Gasteiger partial charge < -0.3 is 0 Å². The molecule has 2 saturated carbocycles. The molecule has 0 saturated heterocycles. The van der Waals surface area contributed by atoms with Gasteiger partial charge in [-0.05, 0) is 24.2 Å². The fourth-order valence-corrected chi connectivity index (χ4v) is 3.23. The lowest BCUT2D eigenvalue weighted by Crippen LogP contribution is -2.33. The van der Waals surface area contributed by atoms with E-state index in [1.165, 1.54) is 0 Å². The molecule has 0 aliphatic heterocycles. The average Bonchev–Trinajstić information content (AvgIpc) is 2.36. The highest BCUT2D eigenvalue weighted by Crippen LogP contribution is 2.65. The number of fused-ring (bicyclic) bond motifs is 2. The van der Waals surface area contributed by atoms with E-state index in [9.17, 15) is 4.79 Å². The highest BCUT2D eigenvalue weighted by Gasteiger charge is 2.66. The Kier molecular flexibility index (Phi) is 1.44. The number of carbonyl (C=O) groups is 1. The summed E-state index contributed by atoms with van der Waals surface area (Å²) in [5.74, 6) is 0.167. The number of hydrogen-bond acceptors (Lipinski definition) is 2. The van der Waals surface area contributed by atoms with Crippen LogP contribution in [0.3, 0.4) is 0 Å². The van der Waals surface area contributed by atoms with Gasteiger partial charge in [-0.2, -0.15) is 5.26 Å². The van der Waals surface area contributed by atoms with Crippen LogP contribution in [0.15, 0.2) is 0 Å². The molecule has 2 heteroatoms. The summed E-state index contributed by atoms with van der Waals surface area (Å²) in [7, 11) is 0. The summed E-state index contributed by atoms with van der Waals surface area (Å²) in [6, 6.07) is 2.18. The lowest BCUT2D eigenvalue weighted by atomic mass is 9.70. The maximum atomic E-state index is 11.9. The smallest absolute Gasteiger partial charge is 0.156 e. The largest absolute Gasteiger partial charge is 0.298 e. The first-order valence-electron chi connectivity index (χ1n) is 4.89. The Hall–Kier alpha value is -0.840. The van der Waals surface area contributed by atoms with Crippen LogP contribution < -0.4 is 0 Å². The van der Waals surface area contributed by atoms with Crippen molar-refractivity contribution in [2.24, 2.45) is 22.7 Å². The third-order valence-corrected chi connectivity index (χ3v) is 4.67. The van der Waals surface area contributed by atoms with Gasteiger partial charge >= 0.3 is 0 Å². The molecule has 0 aromatic carbocycles. The molecule has 0 heterocycles. The van der Waals surface area contributed by atoms with E-state index in [0.29, 0.717) is 5.92 Å². The molecule has 0 amide bonds. The van der Waals surface area contributed by atoms with Gasteiger partial charge in [0.2, 0.25) is 0 Å². The summed E-state index contributed by atoms with van der Waals surface area (Å²) < 4.78 is 0. The first kappa shape index (κ1) is 8.74. The lowest BCUT2D eigenvalue weighted by Gasteiger charge is -2.32. The summed E-state index contributed by atoms with van der Waals surface area (Å²) in [4.78, 5) is 11.9. The van der Waals surface area contributed by atoms with Crippen LogP contribution in [0.1, 0.15) is 33.6 Å². The molecule has 70 valence electrons. The quantitative estimate of drug-likeness (QED) is 0.569. The molecule has 2 aliphatic carbocycles. The molecule has 2 aliphatic rings. The van der Waals surface area contributed by atoms with Gasteiger partial charge in [0.25, 0.3) is 0 Å². The number of ketones is 1. The normalized spacial score (nSPS) is 46.5. The number of rotatable bonds is 0. The Morgan fingerprint density at radius 3 is 2.38 bits per heavy atom. The minimum atomic E-state index is -0.325. The van der Waals surface area contributed by atoms with Crippen LogP contribution in [0.4, 0.5) is 0 Å². The van der Waals surface area contributed by atoms with Gasteiger partial charge in [-0.3, -0.25) is 4.79 Å². The van der Waals surface area contributed by atoms with E-state index in [-0.39, 0.29) is 22.5 Å². The van der Waals surface area contributed by atoms with Gasteiger partial charge in [0.1, 0.15) is 5.92 Å². The molecule has 2 rings (SSSR count). The third kappa shape index (κ3) is 0.716. The molecule has 0 aromatic rings. The van der Waals surface area contributed by atoms with Crippen molar-refractivity contribution in [2.45, 2.75) is 33.6 Å². The molecule has 0 radical (unpaired) electrons. The minimum absolute atomic E-state index is 0.0322. The number of Topliss-reactive ketones (excluding diaryl/α,β-unsaturated/α-hetero) is 1. The van der Waals surface area contributed by atoms with E-state index in [1.54, 1.807) is 0 Å². The first-order valence-corrected chi connectivity index (χ1v) is 4.89. The number of nitriles is 1. The van der Waals surface area contributed by atoms with E-state index in [1.807, 2.05) is 6.92 Å². The molecule has 2 fully saturated rings. The van der Waals surface area contributed by atoms with Gasteiger partial charge in [0.15, 0.2) is 5.78 Å². The summed E-state index contributed by atoms with van der Waals surface area (Å²) in [6.45, 7) is 6.31. The van der Waals surface area contributed by atoms with Crippen LogP contribution in [0.25, 0.3) is 0 Å². The monoisotopic (exact) mass is 177 g/mol. The third-order valence-electron chi connectivity index (χ3n) is 4.67. The molecule has 0 aromatic heterocycles. The predicted octanol–water partition coefficient (Wildman–Crippen LogP) is 2.15. The van der Waals surface area contributed by atoms with Crippen LogP contribution in [0, 0.1) is 34.0 Å². The van der Waals surface area contributed by atoms with Crippen LogP contribution in [-0.2, 0) is 4.79 Å². The molecule has 0 N–H and O–H groups in total. The second-order valence-corrected chi connectivity index (χ2v) is 5.17. The topological polar surface area (TPSA) is 40.9 Å². The Balaban J connectivity index is 2.52. The zero-order valence-electron chi connectivity index (χ0n) is 8.42. The average molecular weight is 177 g/mol. The molecule has 3 atom stereocenters. The Morgan fingerprint density at radius 1 is 1.46 bits per heavy atom. The van der Waals surface area contributed by atoms with Crippen molar-refractivity contribution in [2.75, 3.05) is 0 Å². The standard InChI is InChI=1S/C11H15NO/c1-10(2)8-4-5-11(10,3)9(13)7(8)6-12/h7-8H,4-5H2,1-3H3/t7-,8+,11-/m1/s1. The van der Waals surface area contributed by atoms with Crippen LogP contribution in [0.2, 0.25) is 0 Å². The number of carbonyl (C=O) groups excluding carboxylic acids is 1.